The number of piperidine rings is 1. The van der Waals surface area contributed by atoms with Crippen LogP contribution in [0.5, 0.6) is 0 Å². The molecule has 0 radical (unpaired) electrons. The van der Waals surface area contributed by atoms with Crippen LogP contribution in [-0.4, -0.2) is 48.4 Å². The van der Waals surface area contributed by atoms with Gasteiger partial charge >= 0.3 is 11.9 Å². The fraction of sp³-hybridized carbons (Fsp3) is 0.727. The Kier molecular flexibility index (Phi) is 4.93. The van der Waals surface area contributed by atoms with Gasteiger partial charge < -0.3 is 15.0 Å². The third-order valence-corrected chi connectivity index (χ3v) is 2.64. The molecule has 0 bridgehead atoms. The van der Waals surface area contributed by atoms with E-state index in [0.29, 0.717) is 25.9 Å². The number of hydrogen-bond acceptors (Lipinski definition) is 4. The van der Waals surface area contributed by atoms with Gasteiger partial charge in [0, 0.05) is 26.1 Å². The second kappa shape index (κ2) is 6.22. The Hall–Kier alpha value is -1.59. The van der Waals surface area contributed by atoms with Crippen molar-refractivity contribution >= 4 is 17.8 Å². The number of likely N-dealkylation sites (tertiary alicyclic amines) is 1. The molecular formula is C11H18N2O4. The summed E-state index contributed by atoms with van der Waals surface area (Å²) in [4.78, 5) is 35.1. The van der Waals surface area contributed by atoms with Gasteiger partial charge in [-0.2, -0.15) is 0 Å². The molecule has 0 spiro atoms. The SMILES string of the molecule is CCOC(=O)C(=O)N1CCC(NC(C)=O)CC1. The van der Waals surface area contributed by atoms with Crippen molar-refractivity contribution in [3.63, 3.8) is 0 Å². The van der Waals surface area contributed by atoms with E-state index >= 15 is 0 Å². The molecule has 6 nitrogen and oxygen atoms in total. The summed E-state index contributed by atoms with van der Waals surface area (Å²) in [6.45, 7) is 4.28. The molecule has 0 aliphatic carbocycles. The van der Waals surface area contributed by atoms with Crippen molar-refractivity contribution in [1.82, 2.24) is 10.2 Å². The number of rotatable bonds is 2. The maximum Gasteiger partial charge on any atom is 0.397 e. The summed E-state index contributed by atoms with van der Waals surface area (Å²) in [6.07, 6.45) is 1.34. The summed E-state index contributed by atoms with van der Waals surface area (Å²) >= 11 is 0. The highest BCUT2D eigenvalue weighted by Gasteiger charge is 2.27. The Morgan fingerprint density at radius 3 is 2.35 bits per heavy atom. The fourth-order valence-electron chi connectivity index (χ4n) is 1.84. The van der Waals surface area contributed by atoms with E-state index in [4.69, 9.17) is 0 Å². The molecule has 0 aromatic carbocycles. The first-order valence-corrected chi connectivity index (χ1v) is 5.77. The number of carbonyl (C=O) groups excluding carboxylic acids is 3. The number of amides is 2. The van der Waals surface area contributed by atoms with Crippen molar-refractivity contribution in [1.29, 1.82) is 0 Å². The standard InChI is InChI=1S/C11H18N2O4/c1-3-17-11(16)10(15)13-6-4-9(5-7-13)12-8(2)14/h9H,3-7H2,1-2H3,(H,12,14). The first-order valence-electron chi connectivity index (χ1n) is 5.77. The highest BCUT2D eigenvalue weighted by atomic mass is 16.5. The van der Waals surface area contributed by atoms with Crippen LogP contribution in [0.15, 0.2) is 0 Å². The van der Waals surface area contributed by atoms with Gasteiger partial charge in [-0.25, -0.2) is 4.79 Å². The molecule has 0 atom stereocenters. The zero-order chi connectivity index (χ0) is 12.8. The van der Waals surface area contributed by atoms with Gasteiger partial charge in [0.05, 0.1) is 6.61 Å². The highest BCUT2D eigenvalue weighted by Crippen LogP contribution is 2.10. The highest BCUT2D eigenvalue weighted by molar-refractivity contribution is 6.32. The molecule has 0 saturated carbocycles. The van der Waals surface area contributed by atoms with E-state index in [0.717, 1.165) is 0 Å². The van der Waals surface area contributed by atoms with Gasteiger partial charge in [0.25, 0.3) is 0 Å². The number of nitrogens with one attached hydrogen (secondary N) is 1. The van der Waals surface area contributed by atoms with Gasteiger partial charge in [0.15, 0.2) is 0 Å². The van der Waals surface area contributed by atoms with Crippen LogP contribution in [0.3, 0.4) is 0 Å². The van der Waals surface area contributed by atoms with E-state index in [2.05, 4.69) is 10.1 Å². The van der Waals surface area contributed by atoms with Crippen molar-refractivity contribution in [2.45, 2.75) is 32.7 Å². The van der Waals surface area contributed by atoms with Crippen LogP contribution >= 0.6 is 0 Å². The lowest BCUT2D eigenvalue weighted by molar-refractivity contribution is -0.160. The van der Waals surface area contributed by atoms with Crippen LogP contribution in [-0.2, 0) is 19.1 Å². The molecule has 17 heavy (non-hydrogen) atoms. The normalized spacial score (nSPS) is 16.5. The van der Waals surface area contributed by atoms with Crippen molar-refractivity contribution in [3.05, 3.63) is 0 Å². The molecule has 96 valence electrons. The monoisotopic (exact) mass is 242 g/mol. The van der Waals surface area contributed by atoms with Gasteiger partial charge in [0.2, 0.25) is 5.91 Å². The smallest absolute Gasteiger partial charge is 0.397 e. The molecule has 1 N–H and O–H groups in total. The lowest BCUT2D eigenvalue weighted by atomic mass is 10.1. The Morgan fingerprint density at radius 2 is 1.88 bits per heavy atom. The minimum absolute atomic E-state index is 0.0693. The zero-order valence-corrected chi connectivity index (χ0v) is 10.2. The van der Waals surface area contributed by atoms with Crippen molar-refractivity contribution in [2.24, 2.45) is 0 Å². The molecule has 0 unspecified atom stereocenters. The summed E-state index contributed by atoms with van der Waals surface area (Å²) in [7, 11) is 0. The molecule has 1 aliphatic rings. The predicted octanol–water partition coefficient (Wildman–Crippen LogP) is -0.323. The number of ether oxygens (including phenoxy) is 1. The van der Waals surface area contributed by atoms with E-state index < -0.39 is 11.9 Å². The van der Waals surface area contributed by atoms with Gasteiger partial charge in [0.1, 0.15) is 0 Å². The average Bonchev–Trinajstić information content (AvgIpc) is 2.28. The van der Waals surface area contributed by atoms with Gasteiger partial charge in [-0.05, 0) is 19.8 Å². The third kappa shape index (κ3) is 4.05. The van der Waals surface area contributed by atoms with Crippen LogP contribution < -0.4 is 5.32 Å². The molecule has 0 aromatic heterocycles. The van der Waals surface area contributed by atoms with Crippen LogP contribution in [0.2, 0.25) is 0 Å². The second-order valence-corrected chi connectivity index (χ2v) is 3.99. The Morgan fingerprint density at radius 1 is 1.29 bits per heavy atom. The zero-order valence-electron chi connectivity index (χ0n) is 10.2. The Bertz CT molecular complexity index is 309. The van der Waals surface area contributed by atoms with E-state index in [1.54, 1.807) is 6.92 Å². The molecule has 1 fully saturated rings. The second-order valence-electron chi connectivity index (χ2n) is 3.99. The molecule has 1 saturated heterocycles. The molecular weight excluding hydrogens is 224 g/mol. The number of hydrogen-bond donors (Lipinski definition) is 1. The fourth-order valence-corrected chi connectivity index (χ4v) is 1.84. The van der Waals surface area contributed by atoms with Gasteiger partial charge in [-0.15, -0.1) is 0 Å². The number of nitrogens with zero attached hydrogens (tertiary/aromatic N) is 1. The van der Waals surface area contributed by atoms with E-state index in [1.807, 2.05) is 0 Å². The van der Waals surface area contributed by atoms with Crippen LogP contribution in [0.1, 0.15) is 26.7 Å². The van der Waals surface area contributed by atoms with E-state index in [-0.39, 0.29) is 18.6 Å². The van der Waals surface area contributed by atoms with Crippen LogP contribution in [0.4, 0.5) is 0 Å². The first-order chi connectivity index (χ1) is 8.04. The Balaban J connectivity index is 2.38. The summed E-state index contributed by atoms with van der Waals surface area (Å²) < 4.78 is 4.65. The first kappa shape index (κ1) is 13.5. The van der Waals surface area contributed by atoms with E-state index in [9.17, 15) is 14.4 Å². The topological polar surface area (TPSA) is 75.7 Å². The van der Waals surface area contributed by atoms with Crippen molar-refractivity contribution in [3.8, 4) is 0 Å². The van der Waals surface area contributed by atoms with Crippen molar-refractivity contribution in [2.75, 3.05) is 19.7 Å². The summed E-state index contributed by atoms with van der Waals surface area (Å²) in [6, 6.07) is 0.0961. The van der Waals surface area contributed by atoms with Crippen molar-refractivity contribution < 1.29 is 19.1 Å². The number of carbonyl (C=O) groups is 3. The predicted molar refractivity (Wildman–Crippen MR) is 60.1 cm³/mol. The molecule has 0 aromatic rings. The summed E-state index contributed by atoms with van der Waals surface area (Å²) in [5.41, 5.74) is 0. The minimum atomic E-state index is -0.800. The van der Waals surface area contributed by atoms with Gasteiger partial charge in [-0.1, -0.05) is 0 Å². The van der Waals surface area contributed by atoms with E-state index in [1.165, 1.54) is 11.8 Å². The quantitative estimate of drug-likeness (QED) is 0.531. The number of esters is 1. The molecule has 1 heterocycles. The summed E-state index contributed by atoms with van der Waals surface area (Å²) in [5, 5.41) is 2.80. The van der Waals surface area contributed by atoms with Gasteiger partial charge in [-0.3, -0.25) is 9.59 Å². The summed E-state index contributed by atoms with van der Waals surface area (Å²) in [5.74, 6) is -1.46. The lowest BCUT2D eigenvalue weighted by Gasteiger charge is -2.31. The third-order valence-electron chi connectivity index (χ3n) is 2.64. The average molecular weight is 242 g/mol. The van der Waals surface area contributed by atoms with Crippen LogP contribution in [0, 0.1) is 0 Å². The van der Waals surface area contributed by atoms with Crippen LogP contribution in [0.25, 0.3) is 0 Å². The largest absolute Gasteiger partial charge is 0.459 e. The maximum absolute atomic E-state index is 11.6. The molecule has 2 amide bonds. The minimum Gasteiger partial charge on any atom is -0.459 e. The maximum atomic E-state index is 11.6. The molecule has 6 heteroatoms. The Labute approximate surface area is 100 Å². The lowest BCUT2D eigenvalue weighted by Crippen LogP contribution is -2.48. The molecule has 1 rings (SSSR count). The molecule has 1 aliphatic heterocycles.